The molecule has 0 spiro atoms. The van der Waals surface area contributed by atoms with E-state index in [1.807, 2.05) is 0 Å². The first-order valence-electron chi connectivity index (χ1n) is 8.55. The highest BCUT2D eigenvalue weighted by Crippen LogP contribution is 2.31. The van der Waals surface area contributed by atoms with Gasteiger partial charge < -0.3 is 11.1 Å². The summed E-state index contributed by atoms with van der Waals surface area (Å²) in [7, 11) is -4.31. The van der Waals surface area contributed by atoms with Crippen molar-refractivity contribution < 1.29 is 26.0 Å². The Morgan fingerprint density at radius 3 is 2.55 bits per heavy atom. The maximum atomic E-state index is 14.6. The van der Waals surface area contributed by atoms with E-state index in [4.69, 9.17) is 17.3 Å². The maximum Gasteiger partial charge on any atom is 0.266 e. The van der Waals surface area contributed by atoms with Crippen LogP contribution in [0.15, 0.2) is 46.1 Å². The molecule has 3 rings (SSSR count). The molecule has 0 saturated heterocycles. The second-order valence-electron chi connectivity index (χ2n) is 6.31. The molecule has 0 fully saturated rings. The van der Waals surface area contributed by atoms with Crippen LogP contribution in [0.2, 0.25) is 5.02 Å². The summed E-state index contributed by atoms with van der Waals surface area (Å²) in [6, 6.07) is 5.03. The van der Waals surface area contributed by atoms with Crippen molar-refractivity contribution in [3.05, 3.63) is 69.0 Å². The molecular weight excluding hydrogens is 480 g/mol. The standard InChI is InChI=1S/C18H15ClF4N4O2S2/c19-11-5-15(31(28,29)27-17-7-30-8-25-17)13(21)6-14(11)26-18(24)10-3-9(4-16(22)23)1-2-12(10)20/h1-3,5-8,16,18,26-27H,4,24H2/t18-/m1/s1. The van der Waals surface area contributed by atoms with Gasteiger partial charge in [-0.15, -0.1) is 11.3 Å². The smallest absolute Gasteiger partial charge is 0.266 e. The van der Waals surface area contributed by atoms with E-state index >= 15 is 0 Å². The third-order valence-corrected chi connectivity index (χ3v) is 6.35. The largest absolute Gasteiger partial charge is 0.365 e. The lowest BCUT2D eigenvalue weighted by Gasteiger charge is -2.19. The topological polar surface area (TPSA) is 97.1 Å². The highest BCUT2D eigenvalue weighted by molar-refractivity contribution is 7.92. The van der Waals surface area contributed by atoms with E-state index in [9.17, 15) is 26.0 Å². The van der Waals surface area contributed by atoms with Gasteiger partial charge in [0.1, 0.15) is 22.7 Å². The van der Waals surface area contributed by atoms with Crippen LogP contribution in [-0.4, -0.2) is 19.8 Å². The van der Waals surface area contributed by atoms with Gasteiger partial charge in [0.05, 0.1) is 16.2 Å². The Morgan fingerprint density at radius 1 is 1.16 bits per heavy atom. The minimum Gasteiger partial charge on any atom is -0.365 e. The van der Waals surface area contributed by atoms with E-state index in [2.05, 4.69) is 15.0 Å². The summed E-state index contributed by atoms with van der Waals surface area (Å²) in [5.74, 6) is -1.89. The molecule has 0 unspecified atom stereocenters. The number of aromatic nitrogens is 1. The second-order valence-corrected chi connectivity index (χ2v) is 9.09. The van der Waals surface area contributed by atoms with Crippen LogP contribution in [-0.2, 0) is 16.4 Å². The second kappa shape index (κ2) is 9.39. The number of nitrogens with one attached hydrogen (secondary N) is 2. The van der Waals surface area contributed by atoms with Gasteiger partial charge in [-0.1, -0.05) is 17.7 Å². The Labute approximate surface area is 184 Å². The highest BCUT2D eigenvalue weighted by atomic mass is 35.5. The third kappa shape index (κ3) is 5.64. The molecule has 13 heteroatoms. The van der Waals surface area contributed by atoms with Crippen molar-refractivity contribution in [2.24, 2.45) is 5.73 Å². The van der Waals surface area contributed by atoms with Crippen LogP contribution >= 0.6 is 22.9 Å². The summed E-state index contributed by atoms with van der Waals surface area (Å²) in [5, 5.41) is 3.78. The molecule has 0 aliphatic rings. The zero-order chi connectivity index (χ0) is 22.8. The molecule has 0 saturated carbocycles. The molecule has 1 heterocycles. The van der Waals surface area contributed by atoms with Crippen molar-refractivity contribution in [1.29, 1.82) is 0 Å². The van der Waals surface area contributed by atoms with Crippen molar-refractivity contribution in [2.45, 2.75) is 23.9 Å². The monoisotopic (exact) mass is 494 g/mol. The number of rotatable bonds is 8. The summed E-state index contributed by atoms with van der Waals surface area (Å²) in [6.45, 7) is 0. The predicted octanol–water partition coefficient (Wildman–Crippen LogP) is 4.75. The van der Waals surface area contributed by atoms with Gasteiger partial charge in [0.15, 0.2) is 5.82 Å². The number of nitrogens with zero attached hydrogens (tertiary/aromatic N) is 1. The van der Waals surface area contributed by atoms with Crippen LogP contribution in [0, 0.1) is 11.6 Å². The average Bonchev–Trinajstić information content (AvgIpc) is 3.17. The molecule has 31 heavy (non-hydrogen) atoms. The van der Waals surface area contributed by atoms with E-state index in [0.29, 0.717) is 0 Å². The average molecular weight is 495 g/mol. The molecule has 1 atom stereocenters. The lowest BCUT2D eigenvalue weighted by atomic mass is 10.1. The first kappa shape index (κ1) is 23.3. The van der Waals surface area contributed by atoms with Crippen molar-refractivity contribution in [3.8, 4) is 0 Å². The number of thiazole rings is 1. The molecule has 6 nitrogen and oxygen atoms in total. The zero-order valence-electron chi connectivity index (χ0n) is 15.5. The van der Waals surface area contributed by atoms with Gasteiger partial charge in [-0.25, -0.2) is 31.0 Å². The number of alkyl halides is 2. The summed E-state index contributed by atoms with van der Waals surface area (Å²) in [4.78, 5) is 3.04. The van der Waals surface area contributed by atoms with Crippen molar-refractivity contribution in [2.75, 3.05) is 10.0 Å². The van der Waals surface area contributed by atoms with E-state index in [1.165, 1.54) is 23.0 Å². The van der Waals surface area contributed by atoms with Crippen LogP contribution in [0.3, 0.4) is 0 Å². The van der Waals surface area contributed by atoms with Gasteiger partial charge in [0, 0.05) is 17.4 Å². The first-order valence-corrected chi connectivity index (χ1v) is 11.4. The summed E-state index contributed by atoms with van der Waals surface area (Å²) >= 11 is 7.22. The van der Waals surface area contributed by atoms with Gasteiger partial charge in [-0.05, 0) is 29.8 Å². The molecular formula is C18H15ClF4N4O2S2. The van der Waals surface area contributed by atoms with Crippen LogP contribution in [0.1, 0.15) is 17.3 Å². The van der Waals surface area contributed by atoms with Gasteiger partial charge in [0.2, 0.25) is 6.43 Å². The van der Waals surface area contributed by atoms with Crippen molar-refractivity contribution >= 4 is 44.5 Å². The Bertz CT molecular complexity index is 1180. The molecule has 0 radical (unpaired) electrons. The first-order chi connectivity index (χ1) is 14.6. The fourth-order valence-corrected chi connectivity index (χ4v) is 4.61. The van der Waals surface area contributed by atoms with Gasteiger partial charge in [0.25, 0.3) is 10.0 Å². The van der Waals surface area contributed by atoms with Crippen LogP contribution < -0.4 is 15.8 Å². The van der Waals surface area contributed by atoms with Crippen LogP contribution in [0.5, 0.6) is 0 Å². The Kier molecular flexibility index (Phi) is 7.04. The number of halogens is 5. The number of hydrogen-bond acceptors (Lipinski definition) is 6. The number of benzene rings is 2. The zero-order valence-corrected chi connectivity index (χ0v) is 17.8. The minimum absolute atomic E-state index is 0.0175. The number of anilines is 2. The molecule has 4 N–H and O–H groups in total. The normalized spacial score (nSPS) is 12.7. The number of sulfonamides is 1. The van der Waals surface area contributed by atoms with Crippen LogP contribution in [0.25, 0.3) is 0 Å². The van der Waals surface area contributed by atoms with Gasteiger partial charge in [-0.3, -0.25) is 4.72 Å². The molecule has 166 valence electrons. The maximum absolute atomic E-state index is 14.6. The lowest BCUT2D eigenvalue weighted by molar-refractivity contribution is 0.149. The molecule has 1 aromatic heterocycles. The van der Waals surface area contributed by atoms with Crippen molar-refractivity contribution in [1.82, 2.24) is 4.98 Å². The summed E-state index contributed by atoms with van der Waals surface area (Å²) in [6.07, 6.45) is -4.49. The number of hydrogen-bond donors (Lipinski definition) is 3. The molecule has 2 aromatic carbocycles. The lowest BCUT2D eigenvalue weighted by Crippen LogP contribution is -2.22. The SMILES string of the molecule is N[C@H](Nc1cc(F)c(S(=O)(=O)Nc2cscn2)cc1Cl)c1cc(CC(F)F)ccc1F. The van der Waals surface area contributed by atoms with E-state index in [1.54, 1.807) is 0 Å². The Hall–Kier alpha value is -2.41. The molecule has 3 aromatic rings. The number of nitrogens with two attached hydrogens (primary N) is 1. The predicted molar refractivity (Wildman–Crippen MR) is 111 cm³/mol. The Balaban J connectivity index is 1.85. The van der Waals surface area contributed by atoms with Gasteiger partial charge in [-0.2, -0.15) is 0 Å². The minimum atomic E-state index is -4.31. The fraction of sp³-hybridized carbons (Fsp3) is 0.167. The Morgan fingerprint density at radius 2 is 1.90 bits per heavy atom. The summed E-state index contributed by atoms with van der Waals surface area (Å²) < 4.78 is 80.8. The van der Waals surface area contributed by atoms with Crippen molar-refractivity contribution in [3.63, 3.8) is 0 Å². The molecule has 0 bridgehead atoms. The fourth-order valence-electron chi connectivity index (χ4n) is 2.68. The van der Waals surface area contributed by atoms with Gasteiger partial charge >= 0.3 is 0 Å². The molecule has 0 aliphatic heterocycles. The van der Waals surface area contributed by atoms with E-state index < -0.39 is 45.6 Å². The van der Waals surface area contributed by atoms with E-state index in [-0.39, 0.29) is 27.7 Å². The summed E-state index contributed by atoms with van der Waals surface area (Å²) in [5.41, 5.74) is 7.20. The molecule has 0 aliphatic carbocycles. The highest BCUT2D eigenvalue weighted by Gasteiger charge is 2.23. The van der Waals surface area contributed by atoms with Crippen LogP contribution in [0.4, 0.5) is 29.1 Å². The van der Waals surface area contributed by atoms with E-state index in [0.717, 1.165) is 29.5 Å². The third-order valence-electron chi connectivity index (χ3n) is 4.08. The molecule has 0 amide bonds. The quantitative estimate of drug-likeness (QED) is 0.310.